The highest BCUT2D eigenvalue weighted by atomic mass is 16.5. The zero-order valence-corrected chi connectivity index (χ0v) is 14.6. The van der Waals surface area contributed by atoms with E-state index >= 15 is 0 Å². The molecule has 3 fully saturated rings. The van der Waals surface area contributed by atoms with Crippen molar-refractivity contribution in [1.29, 1.82) is 0 Å². The van der Waals surface area contributed by atoms with Crippen LogP contribution >= 0.6 is 0 Å². The normalized spacial score (nSPS) is 37.4. The summed E-state index contributed by atoms with van der Waals surface area (Å²) in [6.07, 6.45) is 6.95. The van der Waals surface area contributed by atoms with Crippen molar-refractivity contribution in [3.8, 4) is 0 Å². The predicted molar refractivity (Wildman–Crippen MR) is 90.0 cm³/mol. The lowest BCUT2D eigenvalue weighted by molar-refractivity contribution is -0.0810. The van der Waals surface area contributed by atoms with Gasteiger partial charge in [-0.2, -0.15) is 0 Å². The molecular formula is C17H27N5O3. The van der Waals surface area contributed by atoms with Gasteiger partial charge in [0.1, 0.15) is 0 Å². The number of methoxy groups -OCH3 is 1. The van der Waals surface area contributed by atoms with Crippen LogP contribution in [-0.2, 0) is 9.47 Å². The maximum atomic E-state index is 12.6. The molecule has 3 N–H and O–H groups in total. The Kier molecular flexibility index (Phi) is 4.75. The molecule has 25 heavy (non-hydrogen) atoms. The van der Waals surface area contributed by atoms with Crippen LogP contribution in [0.2, 0.25) is 0 Å². The third-order valence-corrected chi connectivity index (χ3v) is 6.04. The van der Waals surface area contributed by atoms with Gasteiger partial charge in [-0.1, -0.05) is 5.21 Å². The molecule has 1 amide bonds. The Morgan fingerprint density at radius 1 is 1.40 bits per heavy atom. The van der Waals surface area contributed by atoms with Crippen LogP contribution in [0.5, 0.6) is 0 Å². The Hall–Kier alpha value is -1.51. The number of fused-ring (bicyclic) bond motifs is 1. The number of aromatic nitrogens is 3. The summed E-state index contributed by atoms with van der Waals surface area (Å²) in [6.45, 7) is 1.36. The first-order valence-corrected chi connectivity index (χ1v) is 9.26. The summed E-state index contributed by atoms with van der Waals surface area (Å²) in [7, 11) is 1.68. The van der Waals surface area contributed by atoms with E-state index in [1.54, 1.807) is 13.3 Å². The number of amides is 1. The molecule has 2 aliphatic carbocycles. The van der Waals surface area contributed by atoms with Crippen LogP contribution in [0.15, 0.2) is 6.20 Å². The van der Waals surface area contributed by atoms with E-state index in [4.69, 9.17) is 15.2 Å². The van der Waals surface area contributed by atoms with Gasteiger partial charge >= 0.3 is 0 Å². The maximum Gasteiger partial charge on any atom is 0.273 e. The fourth-order valence-corrected chi connectivity index (χ4v) is 4.59. The predicted octanol–water partition coefficient (Wildman–Crippen LogP) is 0.500. The summed E-state index contributed by atoms with van der Waals surface area (Å²) >= 11 is 0. The third-order valence-electron chi connectivity index (χ3n) is 6.04. The second-order valence-electron chi connectivity index (χ2n) is 7.56. The maximum absolute atomic E-state index is 12.6. The fraction of sp³-hybridized carbons (Fsp3) is 0.824. The molecule has 1 aromatic heterocycles. The average molecular weight is 349 g/mol. The second kappa shape index (κ2) is 7.01. The number of carbonyl (C=O) groups is 1. The van der Waals surface area contributed by atoms with Gasteiger partial charge in [0.25, 0.3) is 5.91 Å². The van der Waals surface area contributed by atoms with Crippen molar-refractivity contribution in [2.24, 2.45) is 17.6 Å². The molecule has 138 valence electrons. The lowest BCUT2D eigenvalue weighted by atomic mass is 9.67. The van der Waals surface area contributed by atoms with Crippen LogP contribution in [0.1, 0.15) is 48.6 Å². The van der Waals surface area contributed by atoms with E-state index in [9.17, 15) is 4.79 Å². The van der Waals surface area contributed by atoms with Crippen LogP contribution < -0.4 is 11.1 Å². The highest BCUT2D eigenvalue weighted by Gasteiger charge is 2.54. The summed E-state index contributed by atoms with van der Waals surface area (Å²) in [5.41, 5.74) is 6.34. The largest absolute Gasteiger partial charge is 0.384 e. The molecule has 2 saturated carbocycles. The summed E-state index contributed by atoms with van der Waals surface area (Å²) in [6, 6.07) is 0.685. The summed E-state index contributed by atoms with van der Waals surface area (Å²) in [5, 5.41) is 11.4. The van der Waals surface area contributed by atoms with E-state index in [-0.39, 0.29) is 24.0 Å². The Morgan fingerprint density at radius 2 is 2.20 bits per heavy atom. The van der Waals surface area contributed by atoms with Gasteiger partial charge in [-0.15, -0.1) is 5.10 Å². The van der Waals surface area contributed by atoms with Crippen LogP contribution in [0.4, 0.5) is 0 Å². The molecule has 0 aromatic carbocycles. The molecule has 3 aliphatic rings. The summed E-state index contributed by atoms with van der Waals surface area (Å²) in [5.74, 6) is 0.450. The van der Waals surface area contributed by atoms with Crippen molar-refractivity contribution in [3.63, 3.8) is 0 Å². The molecule has 8 heteroatoms. The molecule has 4 rings (SSSR count). The van der Waals surface area contributed by atoms with Crippen LogP contribution in [0.25, 0.3) is 0 Å². The summed E-state index contributed by atoms with van der Waals surface area (Å²) < 4.78 is 12.9. The third kappa shape index (κ3) is 3.18. The molecule has 1 aliphatic heterocycles. The fourth-order valence-electron chi connectivity index (χ4n) is 4.59. The van der Waals surface area contributed by atoms with E-state index in [0.29, 0.717) is 30.3 Å². The summed E-state index contributed by atoms with van der Waals surface area (Å²) in [4.78, 5) is 12.6. The Balaban J connectivity index is 1.38. The van der Waals surface area contributed by atoms with Gasteiger partial charge in [-0.05, 0) is 32.1 Å². The van der Waals surface area contributed by atoms with Crippen molar-refractivity contribution >= 4 is 5.91 Å². The standard InChI is InChI=1S/C17H27N5O3/c1-24-9-13-15(12-6-7-25-16(12)13)19-17(23)14-8-22(21-20-14)11-4-2-10(18)3-5-11/h8,10-13,15-16H,2-7,9,18H2,1H3,(H,19,23)/t10?,11?,12-,13+,15+,16-/m0/s1. The minimum absolute atomic E-state index is 0.0952. The number of rotatable bonds is 5. The van der Waals surface area contributed by atoms with Gasteiger partial charge in [0, 0.05) is 37.6 Å². The van der Waals surface area contributed by atoms with Crippen LogP contribution in [-0.4, -0.2) is 59.4 Å². The first-order valence-electron chi connectivity index (χ1n) is 9.26. The van der Waals surface area contributed by atoms with E-state index in [1.807, 2.05) is 4.68 Å². The minimum Gasteiger partial charge on any atom is -0.384 e. The van der Waals surface area contributed by atoms with Gasteiger partial charge in [-0.3, -0.25) is 4.79 Å². The van der Waals surface area contributed by atoms with E-state index in [2.05, 4.69) is 15.6 Å². The Labute approximate surface area is 147 Å². The monoisotopic (exact) mass is 349 g/mol. The molecule has 0 spiro atoms. The topological polar surface area (TPSA) is 104 Å². The lowest BCUT2D eigenvalue weighted by Gasteiger charge is -2.47. The van der Waals surface area contributed by atoms with Gasteiger partial charge in [-0.25, -0.2) is 4.68 Å². The van der Waals surface area contributed by atoms with Gasteiger partial charge in [0.05, 0.1) is 24.9 Å². The first-order chi connectivity index (χ1) is 12.2. The Bertz CT molecular complexity index is 613. The number of ether oxygens (including phenoxy) is 2. The molecule has 0 radical (unpaired) electrons. The number of carbonyl (C=O) groups excluding carboxylic acids is 1. The molecule has 0 bridgehead atoms. The lowest BCUT2D eigenvalue weighted by Crippen LogP contribution is -2.62. The van der Waals surface area contributed by atoms with Crippen molar-refractivity contribution in [2.45, 2.75) is 56.3 Å². The SMILES string of the molecule is COC[C@@H]1[C@H](NC(=O)c2cn(C3CCC(N)CC3)nn2)[C@@H]2CCO[C@H]12. The van der Waals surface area contributed by atoms with E-state index in [0.717, 1.165) is 38.7 Å². The minimum atomic E-state index is -0.157. The molecule has 4 atom stereocenters. The second-order valence-corrected chi connectivity index (χ2v) is 7.56. The number of nitrogens with one attached hydrogen (secondary N) is 1. The molecule has 1 aromatic rings. The van der Waals surface area contributed by atoms with Gasteiger partial charge in [0.2, 0.25) is 0 Å². The molecular weight excluding hydrogens is 322 g/mol. The molecule has 1 saturated heterocycles. The molecule has 8 nitrogen and oxygen atoms in total. The van der Waals surface area contributed by atoms with Gasteiger partial charge < -0.3 is 20.5 Å². The van der Waals surface area contributed by atoms with Crippen molar-refractivity contribution < 1.29 is 14.3 Å². The van der Waals surface area contributed by atoms with Crippen molar-refractivity contribution in [2.75, 3.05) is 20.3 Å². The van der Waals surface area contributed by atoms with E-state index in [1.165, 1.54) is 0 Å². The highest BCUT2D eigenvalue weighted by Crippen LogP contribution is 2.43. The van der Waals surface area contributed by atoms with E-state index < -0.39 is 0 Å². The number of hydrogen-bond donors (Lipinski definition) is 2. The number of nitrogens with zero attached hydrogens (tertiary/aromatic N) is 3. The molecule has 0 unspecified atom stereocenters. The quantitative estimate of drug-likeness (QED) is 0.802. The first kappa shape index (κ1) is 16.9. The van der Waals surface area contributed by atoms with Crippen LogP contribution in [0, 0.1) is 11.8 Å². The van der Waals surface area contributed by atoms with Crippen LogP contribution in [0.3, 0.4) is 0 Å². The zero-order chi connectivity index (χ0) is 17.4. The number of hydrogen-bond acceptors (Lipinski definition) is 6. The molecule has 2 heterocycles. The van der Waals surface area contributed by atoms with Gasteiger partial charge in [0.15, 0.2) is 5.69 Å². The average Bonchev–Trinajstić information content (AvgIpc) is 3.26. The number of nitrogens with two attached hydrogens (primary N) is 1. The highest BCUT2D eigenvalue weighted by molar-refractivity contribution is 5.92. The van der Waals surface area contributed by atoms with Crippen molar-refractivity contribution in [1.82, 2.24) is 20.3 Å². The zero-order valence-electron chi connectivity index (χ0n) is 14.6. The van der Waals surface area contributed by atoms with Crippen molar-refractivity contribution in [3.05, 3.63) is 11.9 Å². The smallest absolute Gasteiger partial charge is 0.273 e. The Morgan fingerprint density at radius 3 is 2.96 bits per heavy atom.